The number of guanidine groups is 2. The first-order chi connectivity index (χ1) is 14.1. The van der Waals surface area contributed by atoms with Crippen LogP contribution in [-0.2, 0) is 19.2 Å². The van der Waals surface area contributed by atoms with Crippen molar-refractivity contribution in [2.45, 2.75) is 57.7 Å². The van der Waals surface area contributed by atoms with Crippen molar-refractivity contribution in [3.63, 3.8) is 0 Å². The largest absolute Gasteiger partial charge is 0.370 e. The maximum Gasteiger partial charge on any atom is 0.243 e. The third-order valence-corrected chi connectivity index (χ3v) is 3.85. The molecule has 3 unspecified atom stereocenters. The summed E-state index contributed by atoms with van der Waals surface area (Å²) in [5.74, 6) is -1.58. The first kappa shape index (κ1) is 26.6. The highest BCUT2D eigenvalue weighted by atomic mass is 16.2. The fourth-order valence-corrected chi connectivity index (χ4v) is 2.40. The van der Waals surface area contributed by atoms with Gasteiger partial charge in [0.25, 0.3) is 0 Å². The lowest BCUT2D eigenvalue weighted by Gasteiger charge is -2.21. The molecular formula is C17H33N9O4. The first-order valence-electron chi connectivity index (χ1n) is 9.50. The van der Waals surface area contributed by atoms with Crippen LogP contribution in [0.3, 0.4) is 0 Å². The molecule has 0 saturated carbocycles. The van der Waals surface area contributed by atoms with Crippen LogP contribution in [0.4, 0.5) is 0 Å². The second kappa shape index (κ2) is 14.6. The van der Waals surface area contributed by atoms with Crippen molar-refractivity contribution in [1.82, 2.24) is 16.0 Å². The predicted octanol–water partition coefficient (Wildman–Crippen LogP) is -3.21. The minimum Gasteiger partial charge on any atom is -0.370 e. The van der Waals surface area contributed by atoms with Gasteiger partial charge in [-0.25, -0.2) is 0 Å². The molecule has 0 aromatic rings. The number of carbonyl (C=O) groups excluding carboxylic acids is 4. The van der Waals surface area contributed by atoms with E-state index in [1.807, 2.05) is 0 Å². The second-order valence-electron chi connectivity index (χ2n) is 6.63. The molecule has 0 fully saturated rings. The van der Waals surface area contributed by atoms with E-state index in [0.717, 1.165) is 0 Å². The molecule has 0 aliphatic carbocycles. The molecule has 0 heterocycles. The van der Waals surface area contributed by atoms with Gasteiger partial charge < -0.3 is 43.7 Å². The number of nitrogens with one attached hydrogen (secondary N) is 3. The molecule has 0 radical (unpaired) electrons. The molecule has 0 aromatic heterocycles. The normalized spacial score (nSPS) is 13.1. The minimum absolute atomic E-state index is 0.0509. The third kappa shape index (κ3) is 12.9. The fourth-order valence-electron chi connectivity index (χ4n) is 2.40. The average molecular weight is 428 g/mol. The minimum atomic E-state index is -0.924. The zero-order valence-electron chi connectivity index (χ0n) is 17.4. The zero-order chi connectivity index (χ0) is 23.1. The average Bonchev–Trinajstić information content (AvgIpc) is 2.65. The highest BCUT2D eigenvalue weighted by Crippen LogP contribution is 2.01. The quantitative estimate of drug-likeness (QED) is 0.0643. The van der Waals surface area contributed by atoms with Crippen molar-refractivity contribution in [2.24, 2.45) is 32.9 Å². The SMILES string of the molecule is CC(=O)NC(CCCN=C(N)N)C(=O)NC(C)C(=O)NC(C=O)CCCN=C(N)N. The number of aldehydes is 1. The summed E-state index contributed by atoms with van der Waals surface area (Å²) >= 11 is 0. The van der Waals surface area contributed by atoms with E-state index in [9.17, 15) is 19.2 Å². The molecule has 0 aliphatic heterocycles. The topological polar surface area (TPSA) is 233 Å². The van der Waals surface area contributed by atoms with Crippen LogP contribution >= 0.6 is 0 Å². The Balaban J connectivity index is 4.68. The summed E-state index contributed by atoms with van der Waals surface area (Å²) in [6, 6.07) is -2.52. The van der Waals surface area contributed by atoms with Gasteiger partial charge in [-0.2, -0.15) is 0 Å². The number of hydrogen-bond donors (Lipinski definition) is 7. The number of aliphatic imine (C=N–C) groups is 2. The second-order valence-corrected chi connectivity index (χ2v) is 6.63. The van der Waals surface area contributed by atoms with Crippen molar-refractivity contribution < 1.29 is 19.2 Å². The van der Waals surface area contributed by atoms with Gasteiger partial charge in [-0.3, -0.25) is 24.4 Å². The van der Waals surface area contributed by atoms with Crippen LogP contribution in [0.25, 0.3) is 0 Å². The Morgan fingerprint density at radius 1 is 0.867 bits per heavy atom. The molecule has 13 nitrogen and oxygen atoms in total. The van der Waals surface area contributed by atoms with E-state index in [1.54, 1.807) is 0 Å². The van der Waals surface area contributed by atoms with E-state index >= 15 is 0 Å². The molecular weight excluding hydrogens is 394 g/mol. The highest BCUT2D eigenvalue weighted by Gasteiger charge is 2.24. The molecule has 0 aliphatic rings. The van der Waals surface area contributed by atoms with Crippen LogP contribution in [0.15, 0.2) is 9.98 Å². The number of amides is 3. The Morgan fingerprint density at radius 2 is 1.40 bits per heavy atom. The maximum absolute atomic E-state index is 12.5. The number of carbonyl (C=O) groups is 4. The van der Waals surface area contributed by atoms with Crippen molar-refractivity contribution >= 4 is 35.9 Å². The van der Waals surface area contributed by atoms with Crippen LogP contribution in [0.5, 0.6) is 0 Å². The molecule has 0 bridgehead atoms. The lowest BCUT2D eigenvalue weighted by molar-refractivity contribution is -0.132. The van der Waals surface area contributed by atoms with Gasteiger partial charge in [-0.05, 0) is 32.6 Å². The summed E-state index contributed by atoms with van der Waals surface area (Å²) in [7, 11) is 0. The molecule has 3 atom stereocenters. The van der Waals surface area contributed by atoms with Crippen molar-refractivity contribution in [3.8, 4) is 0 Å². The highest BCUT2D eigenvalue weighted by molar-refractivity contribution is 5.92. The monoisotopic (exact) mass is 427 g/mol. The summed E-state index contributed by atoms with van der Waals surface area (Å²) in [6.07, 6.45) is 2.15. The standard InChI is InChI=1S/C17H33N9O4/c1-10(14(29)26-12(9-27)5-3-7-22-16(18)19)24-15(30)13(25-11(2)28)6-4-8-23-17(20)21/h9-10,12-13H,3-8H2,1-2H3,(H,24,30)(H,25,28)(H,26,29)(H4,18,19,22)(H4,20,21,23). The molecule has 170 valence electrons. The number of hydrogen-bond acceptors (Lipinski definition) is 6. The van der Waals surface area contributed by atoms with Crippen LogP contribution in [-0.4, -0.2) is 67.1 Å². The molecule has 0 saturated heterocycles. The van der Waals surface area contributed by atoms with Gasteiger partial charge in [-0.15, -0.1) is 0 Å². The smallest absolute Gasteiger partial charge is 0.243 e. The van der Waals surface area contributed by atoms with E-state index in [4.69, 9.17) is 22.9 Å². The third-order valence-electron chi connectivity index (χ3n) is 3.85. The number of nitrogens with two attached hydrogens (primary N) is 4. The Morgan fingerprint density at radius 3 is 1.87 bits per heavy atom. The maximum atomic E-state index is 12.5. The Kier molecular flexibility index (Phi) is 13.0. The summed E-state index contributed by atoms with van der Waals surface area (Å²) in [4.78, 5) is 54.9. The van der Waals surface area contributed by atoms with Crippen molar-refractivity contribution in [3.05, 3.63) is 0 Å². The van der Waals surface area contributed by atoms with Crippen LogP contribution in [0.2, 0.25) is 0 Å². The van der Waals surface area contributed by atoms with Gasteiger partial charge >= 0.3 is 0 Å². The van der Waals surface area contributed by atoms with E-state index in [2.05, 4.69) is 25.9 Å². The van der Waals surface area contributed by atoms with Gasteiger partial charge in [0.2, 0.25) is 17.7 Å². The van der Waals surface area contributed by atoms with Crippen LogP contribution in [0.1, 0.15) is 39.5 Å². The van der Waals surface area contributed by atoms with E-state index < -0.39 is 35.8 Å². The lowest BCUT2D eigenvalue weighted by atomic mass is 10.1. The van der Waals surface area contributed by atoms with Crippen molar-refractivity contribution in [2.75, 3.05) is 13.1 Å². The summed E-state index contributed by atoms with van der Waals surface area (Å²) < 4.78 is 0. The van der Waals surface area contributed by atoms with E-state index in [-0.39, 0.29) is 18.3 Å². The van der Waals surface area contributed by atoms with Gasteiger partial charge in [0, 0.05) is 20.0 Å². The van der Waals surface area contributed by atoms with Gasteiger partial charge in [0.1, 0.15) is 18.4 Å². The molecule has 0 aromatic carbocycles. The fraction of sp³-hybridized carbons (Fsp3) is 0.647. The van der Waals surface area contributed by atoms with Gasteiger partial charge in [0.05, 0.1) is 6.04 Å². The van der Waals surface area contributed by atoms with E-state index in [1.165, 1.54) is 13.8 Å². The summed E-state index contributed by atoms with van der Waals surface area (Å²) in [5.41, 5.74) is 20.9. The molecule has 13 heteroatoms. The van der Waals surface area contributed by atoms with Crippen molar-refractivity contribution in [1.29, 1.82) is 0 Å². The Hall–Kier alpha value is -3.38. The van der Waals surface area contributed by atoms with Gasteiger partial charge in [-0.1, -0.05) is 0 Å². The molecule has 11 N–H and O–H groups in total. The number of nitrogens with zero attached hydrogens (tertiary/aromatic N) is 2. The summed E-state index contributed by atoms with van der Waals surface area (Å²) in [6.45, 7) is 3.37. The molecule has 0 spiro atoms. The molecule has 3 amide bonds. The van der Waals surface area contributed by atoms with Crippen LogP contribution in [0, 0.1) is 0 Å². The first-order valence-corrected chi connectivity index (χ1v) is 9.50. The lowest BCUT2D eigenvalue weighted by Crippen LogP contribution is -2.53. The Bertz CT molecular complexity index is 643. The predicted molar refractivity (Wildman–Crippen MR) is 113 cm³/mol. The zero-order valence-corrected chi connectivity index (χ0v) is 17.4. The Labute approximate surface area is 175 Å². The number of rotatable bonds is 14. The van der Waals surface area contributed by atoms with Gasteiger partial charge in [0.15, 0.2) is 11.9 Å². The van der Waals surface area contributed by atoms with Crippen LogP contribution < -0.4 is 38.9 Å². The molecule has 30 heavy (non-hydrogen) atoms. The van der Waals surface area contributed by atoms with E-state index in [0.29, 0.717) is 38.6 Å². The summed E-state index contributed by atoms with van der Waals surface area (Å²) in [5, 5.41) is 7.59. The molecule has 0 rings (SSSR count).